The lowest BCUT2D eigenvalue weighted by molar-refractivity contribution is -0.170. The molecule has 7 nitrogen and oxygen atoms in total. The van der Waals surface area contributed by atoms with E-state index < -0.39 is 35.5 Å². The number of carbonyl (C=O) groups is 3. The van der Waals surface area contributed by atoms with Crippen LogP contribution in [0.2, 0.25) is 0 Å². The number of benzene rings is 1. The molecule has 0 aliphatic carbocycles. The van der Waals surface area contributed by atoms with Gasteiger partial charge in [-0.15, -0.1) is 0 Å². The van der Waals surface area contributed by atoms with E-state index in [1.165, 1.54) is 0 Å². The van der Waals surface area contributed by atoms with E-state index in [0.717, 1.165) is 0 Å². The number of carbonyl (C=O) groups excluding carboxylic acids is 2. The van der Waals surface area contributed by atoms with Crippen LogP contribution in [0.3, 0.4) is 0 Å². The Labute approximate surface area is 134 Å². The van der Waals surface area contributed by atoms with Gasteiger partial charge in [-0.05, 0) is 26.3 Å². The molecule has 1 aromatic rings. The molecular weight excluding hydrogens is 302 g/mol. The van der Waals surface area contributed by atoms with Gasteiger partial charge in [0.2, 0.25) is 5.54 Å². The Morgan fingerprint density at radius 3 is 2.17 bits per heavy atom. The minimum absolute atomic E-state index is 0.139. The van der Waals surface area contributed by atoms with Crippen LogP contribution in [0, 0.1) is 0 Å². The summed E-state index contributed by atoms with van der Waals surface area (Å²) < 4.78 is 9.94. The van der Waals surface area contributed by atoms with Crippen LogP contribution in [0.25, 0.3) is 0 Å². The molecule has 0 aliphatic heterocycles. The van der Waals surface area contributed by atoms with Crippen molar-refractivity contribution < 1.29 is 29.0 Å². The maximum atomic E-state index is 12.0. The summed E-state index contributed by atoms with van der Waals surface area (Å²) in [5.41, 5.74) is 2.96. The van der Waals surface area contributed by atoms with E-state index >= 15 is 0 Å². The highest BCUT2D eigenvalue weighted by molar-refractivity contribution is 6.06. The van der Waals surface area contributed by atoms with Crippen molar-refractivity contribution in [3.05, 3.63) is 35.9 Å². The quantitative estimate of drug-likeness (QED) is 0.597. The molecule has 126 valence electrons. The summed E-state index contributed by atoms with van der Waals surface area (Å²) in [6.45, 7) is 4.73. The number of hydrogen-bond donors (Lipinski definition) is 2. The van der Waals surface area contributed by atoms with Gasteiger partial charge in [-0.2, -0.15) is 0 Å². The molecule has 1 aromatic carbocycles. The first-order chi connectivity index (χ1) is 10.5. The number of nitrogens with two attached hydrogens (primary N) is 1. The summed E-state index contributed by atoms with van der Waals surface area (Å²) in [6.07, 6.45) is -0.812. The SMILES string of the molecule is CC(C)(C)OC(=O)CC(N)(C(=O)O)C(=O)OCc1ccccc1. The van der Waals surface area contributed by atoms with Gasteiger partial charge in [0.15, 0.2) is 0 Å². The highest BCUT2D eigenvalue weighted by Gasteiger charge is 2.47. The topological polar surface area (TPSA) is 116 Å². The van der Waals surface area contributed by atoms with Crippen LogP contribution in [0.15, 0.2) is 30.3 Å². The van der Waals surface area contributed by atoms with Crippen molar-refractivity contribution in [3.63, 3.8) is 0 Å². The first-order valence-corrected chi connectivity index (χ1v) is 7.00. The molecule has 1 unspecified atom stereocenters. The van der Waals surface area contributed by atoms with Gasteiger partial charge in [0, 0.05) is 0 Å². The van der Waals surface area contributed by atoms with E-state index in [9.17, 15) is 19.5 Å². The second kappa shape index (κ2) is 7.23. The van der Waals surface area contributed by atoms with Crippen LogP contribution >= 0.6 is 0 Å². The molecular formula is C16H21NO6. The van der Waals surface area contributed by atoms with Crippen molar-refractivity contribution in [1.82, 2.24) is 0 Å². The molecule has 1 rings (SSSR count). The zero-order chi connectivity index (χ0) is 17.7. The standard InChI is InChI=1S/C16H21NO6/c1-15(2,3)23-12(18)9-16(17,13(19)20)14(21)22-10-11-7-5-4-6-8-11/h4-8H,9-10,17H2,1-3H3,(H,19,20). The van der Waals surface area contributed by atoms with E-state index in [-0.39, 0.29) is 6.61 Å². The van der Waals surface area contributed by atoms with Crippen LogP contribution in [-0.4, -0.2) is 34.2 Å². The number of aliphatic carboxylic acids is 1. The molecule has 0 saturated heterocycles. The van der Waals surface area contributed by atoms with Crippen LogP contribution in [0.4, 0.5) is 0 Å². The number of esters is 2. The molecule has 0 aromatic heterocycles. The molecule has 1 atom stereocenters. The normalized spacial score (nSPS) is 13.7. The Bertz CT molecular complexity index is 578. The average molecular weight is 323 g/mol. The first kappa shape index (κ1) is 18.6. The van der Waals surface area contributed by atoms with Crippen molar-refractivity contribution in [1.29, 1.82) is 0 Å². The highest BCUT2D eigenvalue weighted by atomic mass is 16.6. The molecule has 0 fully saturated rings. The lowest BCUT2D eigenvalue weighted by Crippen LogP contribution is -2.57. The molecule has 7 heteroatoms. The van der Waals surface area contributed by atoms with Gasteiger partial charge in [-0.25, -0.2) is 9.59 Å². The summed E-state index contributed by atoms with van der Waals surface area (Å²) >= 11 is 0. The monoisotopic (exact) mass is 323 g/mol. The third kappa shape index (κ3) is 5.71. The first-order valence-electron chi connectivity index (χ1n) is 7.00. The summed E-state index contributed by atoms with van der Waals surface area (Å²) in [7, 11) is 0. The summed E-state index contributed by atoms with van der Waals surface area (Å²) in [4.78, 5) is 35.2. The van der Waals surface area contributed by atoms with Gasteiger partial charge in [0.25, 0.3) is 0 Å². The molecule has 0 amide bonds. The van der Waals surface area contributed by atoms with Gasteiger partial charge in [0.05, 0.1) is 6.42 Å². The molecule has 0 bridgehead atoms. The Kier molecular flexibility index (Phi) is 5.86. The maximum absolute atomic E-state index is 12.0. The predicted molar refractivity (Wildman–Crippen MR) is 81.3 cm³/mol. The fourth-order valence-corrected chi connectivity index (χ4v) is 1.69. The van der Waals surface area contributed by atoms with E-state index in [1.54, 1.807) is 51.1 Å². The molecule has 23 heavy (non-hydrogen) atoms. The molecule has 0 spiro atoms. The number of rotatable bonds is 6. The van der Waals surface area contributed by atoms with Crippen LogP contribution in [0.1, 0.15) is 32.8 Å². The zero-order valence-electron chi connectivity index (χ0n) is 13.4. The summed E-state index contributed by atoms with van der Waals surface area (Å²) in [6, 6.07) is 8.70. The van der Waals surface area contributed by atoms with E-state index in [1.807, 2.05) is 0 Å². The van der Waals surface area contributed by atoms with E-state index in [4.69, 9.17) is 15.2 Å². The minimum Gasteiger partial charge on any atom is -0.479 e. The van der Waals surface area contributed by atoms with Crippen LogP contribution in [0.5, 0.6) is 0 Å². The average Bonchev–Trinajstić information content (AvgIpc) is 2.43. The maximum Gasteiger partial charge on any atom is 0.338 e. The largest absolute Gasteiger partial charge is 0.479 e. The van der Waals surface area contributed by atoms with Gasteiger partial charge >= 0.3 is 17.9 Å². The lowest BCUT2D eigenvalue weighted by Gasteiger charge is -2.25. The minimum atomic E-state index is -2.49. The smallest absolute Gasteiger partial charge is 0.338 e. The van der Waals surface area contributed by atoms with Crippen LogP contribution < -0.4 is 5.73 Å². The van der Waals surface area contributed by atoms with E-state index in [0.29, 0.717) is 5.56 Å². The highest BCUT2D eigenvalue weighted by Crippen LogP contribution is 2.16. The van der Waals surface area contributed by atoms with Crippen molar-refractivity contribution in [2.45, 2.75) is 44.9 Å². The van der Waals surface area contributed by atoms with Crippen molar-refractivity contribution in [2.75, 3.05) is 0 Å². The fourth-order valence-electron chi connectivity index (χ4n) is 1.69. The van der Waals surface area contributed by atoms with Crippen LogP contribution in [-0.2, 0) is 30.5 Å². The third-order valence-corrected chi connectivity index (χ3v) is 2.80. The Morgan fingerprint density at radius 1 is 1.13 bits per heavy atom. The van der Waals surface area contributed by atoms with Gasteiger partial charge < -0.3 is 20.3 Å². The lowest BCUT2D eigenvalue weighted by atomic mass is 9.96. The zero-order valence-corrected chi connectivity index (χ0v) is 13.4. The molecule has 0 heterocycles. The summed E-state index contributed by atoms with van der Waals surface area (Å²) in [5.74, 6) is -3.74. The van der Waals surface area contributed by atoms with Crippen molar-refractivity contribution in [2.24, 2.45) is 5.73 Å². The Balaban J connectivity index is 2.77. The van der Waals surface area contributed by atoms with Gasteiger partial charge in [-0.1, -0.05) is 30.3 Å². The predicted octanol–water partition coefficient (Wildman–Crippen LogP) is 1.24. The third-order valence-electron chi connectivity index (χ3n) is 2.80. The Morgan fingerprint density at radius 2 is 1.70 bits per heavy atom. The second-order valence-corrected chi connectivity index (χ2v) is 6.10. The molecule has 0 saturated carbocycles. The van der Waals surface area contributed by atoms with Gasteiger partial charge in [-0.3, -0.25) is 4.79 Å². The number of carboxylic acid groups (broad SMARTS) is 1. The number of carboxylic acids is 1. The molecule has 0 radical (unpaired) electrons. The summed E-state index contributed by atoms with van der Waals surface area (Å²) in [5, 5.41) is 9.21. The molecule has 3 N–H and O–H groups in total. The second-order valence-electron chi connectivity index (χ2n) is 6.10. The van der Waals surface area contributed by atoms with Crippen molar-refractivity contribution >= 4 is 17.9 Å². The number of hydrogen-bond acceptors (Lipinski definition) is 6. The fraction of sp³-hybridized carbons (Fsp3) is 0.438. The van der Waals surface area contributed by atoms with E-state index in [2.05, 4.69) is 0 Å². The van der Waals surface area contributed by atoms with Crippen molar-refractivity contribution in [3.8, 4) is 0 Å². The van der Waals surface area contributed by atoms with Gasteiger partial charge in [0.1, 0.15) is 12.2 Å². The number of ether oxygens (including phenoxy) is 2. The Hall–Kier alpha value is -2.41. The molecule has 0 aliphatic rings.